The lowest BCUT2D eigenvalue weighted by Crippen LogP contribution is -2.18. The Morgan fingerprint density at radius 2 is 2.05 bits per heavy atom. The Morgan fingerprint density at radius 1 is 1.25 bits per heavy atom. The van der Waals surface area contributed by atoms with Crippen LogP contribution in [0.25, 0.3) is 0 Å². The van der Waals surface area contributed by atoms with Crippen LogP contribution >= 0.6 is 0 Å². The predicted molar refractivity (Wildman–Crippen MR) is 66.7 cm³/mol. The lowest BCUT2D eigenvalue weighted by molar-refractivity contribution is -0.174. The minimum absolute atomic E-state index is 0.0170. The van der Waals surface area contributed by atoms with Gasteiger partial charge in [0.1, 0.15) is 12.4 Å². The third-order valence-corrected chi connectivity index (χ3v) is 3.13. The fraction of sp³-hybridized carbons (Fsp3) is 0.571. The van der Waals surface area contributed by atoms with Crippen LogP contribution in [0.1, 0.15) is 30.1 Å². The van der Waals surface area contributed by atoms with E-state index in [9.17, 15) is 18.3 Å². The van der Waals surface area contributed by atoms with Gasteiger partial charge in [-0.3, -0.25) is 0 Å². The zero-order valence-electron chi connectivity index (χ0n) is 10.9. The molecule has 0 aliphatic heterocycles. The van der Waals surface area contributed by atoms with Gasteiger partial charge >= 0.3 is 6.18 Å². The van der Waals surface area contributed by atoms with E-state index < -0.39 is 18.9 Å². The molecule has 0 saturated heterocycles. The molecule has 0 saturated carbocycles. The highest BCUT2D eigenvalue weighted by atomic mass is 19.4. The smallest absolute Gasteiger partial charge is 0.411 e. The molecule has 0 bridgehead atoms. The van der Waals surface area contributed by atoms with Crippen molar-refractivity contribution in [1.29, 1.82) is 0 Å². The Labute approximate surface area is 115 Å². The molecule has 3 nitrogen and oxygen atoms in total. The number of alkyl halides is 3. The van der Waals surface area contributed by atoms with Crippen molar-refractivity contribution >= 4 is 0 Å². The van der Waals surface area contributed by atoms with E-state index in [1.165, 1.54) is 0 Å². The number of hydrogen-bond donors (Lipinski definition) is 1. The quantitative estimate of drug-likeness (QED) is 0.819. The number of rotatable bonds is 6. The fourth-order valence-electron chi connectivity index (χ4n) is 2.20. The lowest BCUT2D eigenvalue weighted by atomic mass is 10.1. The zero-order chi connectivity index (χ0) is 14.6. The fourth-order valence-corrected chi connectivity index (χ4v) is 2.20. The van der Waals surface area contributed by atoms with Crippen LogP contribution in [0.3, 0.4) is 0 Å². The summed E-state index contributed by atoms with van der Waals surface area (Å²) in [7, 11) is 0. The Kier molecular flexibility index (Phi) is 4.88. The third kappa shape index (κ3) is 4.38. The highest BCUT2D eigenvalue weighted by Gasteiger charge is 2.27. The van der Waals surface area contributed by atoms with Gasteiger partial charge in [0.2, 0.25) is 0 Å². The van der Waals surface area contributed by atoms with Gasteiger partial charge < -0.3 is 14.6 Å². The summed E-state index contributed by atoms with van der Waals surface area (Å²) in [5, 5.41) is 9.66. The van der Waals surface area contributed by atoms with Gasteiger partial charge in [-0.25, -0.2) is 0 Å². The summed E-state index contributed by atoms with van der Waals surface area (Å²) in [6.07, 6.45) is -2.72. The molecule has 20 heavy (non-hydrogen) atoms. The van der Waals surface area contributed by atoms with Crippen LogP contribution < -0.4 is 4.74 Å². The number of aliphatic hydroxyl groups excluding tert-OH is 1. The zero-order valence-corrected chi connectivity index (χ0v) is 10.9. The molecule has 0 amide bonds. The van der Waals surface area contributed by atoms with E-state index in [0.29, 0.717) is 18.8 Å². The highest BCUT2D eigenvalue weighted by Crippen LogP contribution is 2.33. The van der Waals surface area contributed by atoms with Crippen LogP contribution in [0.2, 0.25) is 0 Å². The van der Waals surface area contributed by atoms with Crippen LogP contribution in [0.5, 0.6) is 5.75 Å². The van der Waals surface area contributed by atoms with Crippen LogP contribution in [0.15, 0.2) is 18.2 Å². The second-order valence-electron chi connectivity index (χ2n) is 4.78. The minimum Gasteiger partial charge on any atom is -0.493 e. The number of halogens is 3. The van der Waals surface area contributed by atoms with Gasteiger partial charge in [-0.2, -0.15) is 13.2 Å². The maximum atomic E-state index is 11.8. The number of aliphatic hydroxyl groups is 1. The summed E-state index contributed by atoms with van der Waals surface area (Å²) in [4.78, 5) is 0. The summed E-state index contributed by atoms with van der Waals surface area (Å²) in [6, 6.07) is 5.48. The predicted octanol–water partition coefficient (Wildman–Crippen LogP) is 3.01. The Bertz CT molecular complexity index is 446. The second kappa shape index (κ2) is 6.45. The van der Waals surface area contributed by atoms with Crippen molar-refractivity contribution in [2.45, 2.75) is 31.5 Å². The van der Waals surface area contributed by atoms with Crippen LogP contribution in [-0.2, 0) is 11.2 Å². The van der Waals surface area contributed by atoms with Crippen molar-refractivity contribution < 1.29 is 27.8 Å². The average molecular weight is 290 g/mol. The molecule has 0 fully saturated rings. The number of ether oxygens (including phenoxy) is 2. The van der Waals surface area contributed by atoms with Gasteiger partial charge in [0, 0.05) is 6.42 Å². The normalized spacial score (nSPS) is 18.1. The van der Waals surface area contributed by atoms with Gasteiger partial charge in [0.05, 0.1) is 19.3 Å². The second-order valence-corrected chi connectivity index (χ2v) is 4.78. The Balaban J connectivity index is 1.68. The van der Waals surface area contributed by atoms with Crippen molar-refractivity contribution in [1.82, 2.24) is 0 Å². The van der Waals surface area contributed by atoms with E-state index in [-0.39, 0.29) is 6.61 Å². The summed E-state index contributed by atoms with van der Waals surface area (Å²) in [6.45, 7) is -0.897. The molecule has 6 heteroatoms. The molecule has 0 radical (unpaired) electrons. The average Bonchev–Trinajstić information content (AvgIpc) is 2.74. The maximum absolute atomic E-state index is 11.8. The minimum atomic E-state index is -4.28. The van der Waals surface area contributed by atoms with Gasteiger partial charge in [0.25, 0.3) is 0 Å². The molecule has 1 atom stereocenters. The van der Waals surface area contributed by atoms with E-state index in [0.717, 1.165) is 24.0 Å². The molecular weight excluding hydrogens is 273 g/mol. The molecule has 1 N–H and O–H groups in total. The van der Waals surface area contributed by atoms with E-state index in [1.807, 2.05) is 12.1 Å². The largest absolute Gasteiger partial charge is 0.493 e. The van der Waals surface area contributed by atoms with Crippen molar-refractivity contribution in [3.05, 3.63) is 29.3 Å². The standard InChI is InChI=1S/C14H17F3O3/c15-14(16,17)9-19-6-1-7-20-11-3-4-12-10(8-11)2-5-13(12)18/h3-4,8,13,18H,1-2,5-7,9H2. The molecule has 1 aromatic carbocycles. The van der Waals surface area contributed by atoms with Crippen LogP contribution in [-0.4, -0.2) is 31.1 Å². The first-order valence-electron chi connectivity index (χ1n) is 6.54. The first-order chi connectivity index (χ1) is 9.46. The van der Waals surface area contributed by atoms with E-state index in [2.05, 4.69) is 4.74 Å². The third-order valence-electron chi connectivity index (χ3n) is 3.13. The molecule has 1 aliphatic carbocycles. The van der Waals surface area contributed by atoms with E-state index in [1.54, 1.807) is 6.07 Å². The number of fused-ring (bicyclic) bond motifs is 1. The van der Waals surface area contributed by atoms with Gasteiger partial charge in [-0.1, -0.05) is 6.07 Å². The monoisotopic (exact) mass is 290 g/mol. The molecule has 0 aromatic heterocycles. The summed E-state index contributed by atoms with van der Waals surface area (Å²) in [5.41, 5.74) is 2.01. The molecular formula is C14H17F3O3. The number of aryl methyl sites for hydroxylation is 1. The van der Waals surface area contributed by atoms with Crippen LogP contribution in [0.4, 0.5) is 13.2 Å². The van der Waals surface area contributed by atoms with Crippen molar-refractivity contribution in [2.75, 3.05) is 19.8 Å². The summed E-state index contributed by atoms with van der Waals surface area (Å²) >= 11 is 0. The van der Waals surface area contributed by atoms with Crippen molar-refractivity contribution in [3.63, 3.8) is 0 Å². The maximum Gasteiger partial charge on any atom is 0.411 e. The first-order valence-corrected chi connectivity index (χ1v) is 6.54. The molecule has 0 heterocycles. The Hall–Kier alpha value is -1.27. The van der Waals surface area contributed by atoms with E-state index >= 15 is 0 Å². The van der Waals surface area contributed by atoms with Gasteiger partial charge in [-0.15, -0.1) is 0 Å². The SMILES string of the molecule is OC1CCc2cc(OCCCOCC(F)(F)F)ccc21. The van der Waals surface area contributed by atoms with Gasteiger partial charge in [0.15, 0.2) is 0 Å². The van der Waals surface area contributed by atoms with Gasteiger partial charge in [-0.05, 0) is 36.1 Å². The topological polar surface area (TPSA) is 38.7 Å². The summed E-state index contributed by atoms with van der Waals surface area (Å²) in [5.74, 6) is 0.675. The molecule has 0 spiro atoms. The summed E-state index contributed by atoms with van der Waals surface area (Å²) < 4.78 is 45.4. The highest BCUT2D eigenvalue weighted by molar-refractivity contribution is 5.39. The number of hydrogen-bond acceptors (Lipinski definition) is 3. The van der Waals surface area contributed by atoms with Crippen LogP contribution in [0, 0.1) is 0 Å². The molecule has 1 unspecified atom stereocenters. The number of benzene rings is 1. The molecule has 1 aromatic rings. The molecule has 2 rings (SSSR count). The molecule has 112 valence electrons. The van der Waals surface area contributed by atoms with Crippen molar-refractivity contribution in [3.8, 4) is 5.75 Å². The van der Waals surface area contributed by atoms with Crippen molar-refractivity contribution in [2.24, 2.45) is 0 Å². The molecule has 1 aliphatic rings. The first kappa shape index (κ1) is 15.1. The van der Waals surface area contributed by atoms with E-state index in [4.69, 9.17) is 4.74 Å². The lowest BCUT2D eigenvalue weighted by Gasteiger charge is -2.10. The Morgan fingerprint density at radius 3 is 2.80 bits per heavy atom.